The van der Waals surface area contributed by atoms with Crippen LogP contribution in [0.25, 0.3) is 0 Å². The summed E-state index contributed by atoms with van der Waals surface area (Å²) in [6.45, 7) is 4.07. The third-order valence-electron chi connectivity index (χ3n) is 0.471. The molecule has 0 bridgehead atoms. The largest absolute Gasteiger partial charge is 0.426 e. The highest BCUT2D eigenvalue weighted by Gasteiger charge is 1.77. The molecule has 0 unspecified atom stereocenters. The van der Waals surface area contributed by atoms with E-state index in [-0.39, 0.29) is 0 Å². The minimum Gasteiger partial charge on any atom is -0.426 e. The van der Waals surface area contributed by atoms with Crippen LogP contribution in [0.15, 0.2) is 0 Å². The van der Waals surface area contributed by atoms with Crippen LogP contribution in [-0.2, 0) is 4.43 Å². The zero-order valence-electron chi connectivity index (χ0n) is 6.05. The average molecular weight is 150 g/mol. The van der Waals surface area contributed by atoms with Gasteiger partial charge in [0.15, 0.2) is 0 Å². The lowest BCUT2D eigenvalue weighted by Crippen LogP contribution is -2.18. The van der Waals surface area contributed by atoms with Crippen molar-refractivity contribution >= 4 is 16.5 Å². The molecule has 0 aliphatic carbocycles. The SMILES string of the molecule is CC(C)O[SiH3].NC(N)=O. The predicted octanol–water partition coefficient (Wildman–Crippen LogP) is -1.28. The average Bonchev–Trinajstić information content (AvgIpc) is 1.65. The summed E-state index contributed by atoms with van der Waals surface area (Å²) in [5.74, 6) is 0. The molecule has 0 aromatic rings. The number of carbonyl (C=O) groups is 1. The Balaban J connectivity index is 0. The maximum absolute atomic E-state index is 9.00. The molecule has 4 nitrogen and oxygen atoms in total. The van der Waals surface area contributed by atoms with Gasteiger partial charge < -0.3 is 15.9 Å². The van der Waals surface area contributed by atoms with Crippen LogP contribution in [-0.4, -0.2) is 22.6 Å². The number of primary amides is 2. The first-order valence-corrected chi connectivity index (χ1v) is 3.40. The number of carbonyl (C=O) groups excluding carboxylic acids is 1. The first-order valence-electron chi connectivity index (χ1n) is 2.58. The van der Waals surface area contributed by atoms with Crippen molar-refractivity contribution < 1.29 is 9.22 Å². The van der Waals surface area contributed by atoms with Crippen molar-refractivity contribution in [1.82, 2.24) is 0 Å². The Morgan fingerprint density at radius 3 is 1.67 bits per heavy atom. The van der Waals surface area contributed by atoms with Gasteiger partial charge in [-0.25, -0.2) is 4.79 Å². The molecule has 9 heavy (non-hydrogen) atoms. The molecule has 0 saturated carbocycles. The molecule has 0 saturated heterocycles. The Morgan fingerprint density at radius 1 is 1.56 bits per heavy atom. The minimum atomic E-state index is -0.833. The Morgan fingerprint density at radius 2 is 1.67 bits per heavy atom. The molecule has 0 radical (unpaired) electrons. The van der Waals surface area contributed by atoms with E-state index >= 15 is 0 Å². The van der Waals surface area contributed by atoms with Crippen molar-refractivity contribution in [3.8, 4) is 0 Å². The van der Waals surface area contributed by atoms with Crippen LogP contribution in [0.1, 0.15) is 13.8 Å². The maximum atomic E-state index is 9.00. The van der Waals surface area contributed by atoms with Crippen molar-refractivity contribution in [2.24, 2.45) is 11.5 Å². The Labute approximate surface area is 58.1 Å². The summed E-state index contributed by atoms with van der Waals surface area (Å²) in [7, 11) is 0.873. The second-order valence-electron chi connectivity index (χ2n) is 1.69. The molecule has 0 spiro atoms. The van der Waals surface area contributed by atoms with Gasteiger partial charge in [0.25, 0.3) is 0 Å². The van der Waals surface area contributed by atoms with Gasteiger partial charge in [-0.1, -0.05) is 0 Å². The van der Waals surface area contributed by atoms with E-state index in [2.05, 4.69) is 11.5 Å². The lowest BCUT2D eigenvalue weighted by atomic mass is 10.5. The summed E-state index contributed by atoms with van der Waals surface area (Å²) < 4.78 is 4.89. The van der Waals surface area contributed by atoms with Crippen molar-refractivity contribution in [1.29, 1.82) is 0 Å². The van der Waals surface area contributed by atoms with Crippen molar-refractivity contribution in [2.45, 2.75) is 20.0 Å². The molecular formula is C4H14N2O2Si. The van der Waals surface area contributed by atoms with Crippen LogP contribution < -0.4 is 11.5 Å². The maximum Gasteiger partial charge on any atom is 0.309 e. The Kier molecular flexibility index (Phi) is 9.33. The highest BCUT2D eigenvalue weighted by molar-refractivity contribution is 5.98. The highest BCUT2D eigenvalue weighted by atomic mass is 28.2. The van der Waals surface area contributed by atoms with Crippen LogP contribution in [0.3, 0.4) is 0 Å². The lowest BCUT2D eigenvalue weighted by Gasteiger charge is -1.95. The van der Waals surface area contributed by atoms with Gasteiger partial charge >= 0.3 is 6.03 Å². The van der Waals surface area contributed by atoms with Gasteiger partial charge in [0.2, 0.25) is 0 Å². The van der Waals surface area contributed by atoms with Crippen LogP contribution in [0.4, 0.5) is 4.79 Å². The van der Waals surface area contributed by atoms with E-state index in [1.54, 1.807) is 0 Å². The van der Waals surface area contributed by atoms with Crippen molar-refractivity contribution in [3.63, 3.8) is 0 Å². The molecular weight excluding hydrogens is 136 g/mol. The normalized spacial score (nSPS) is 8.33. The van der Waals surface area contributed by atoms with E-state index in [9.17, 15) is 0 Å². The first-order chi connectivity index (χ1) is 4.00. The van der Waals surface area contributed by atoms with Gasteiger partial charge in [0, 0.05) is 6.10 Å². The summed E-state index contributed by atoms with van der Waals surface area (Å²) in [5, 5.41) is 0. The van der Waals surface area contributed by atoms with Gasteiger partial charge in [0.05, 0.1) is 0 Å². The molecule has 0 aromatic heterocycles. The third kappa shape index (κ3) is 106. The Bertz CT molecular complexity index is 73.0. The zero-order valence-corrected chi connectivity index (χ0v) is 8.05. The smallest absolute Gasteiger partial charge is 0.309 e. The topological polar surface area (TPSA) is 78.3 Å². The van der Waals surface area contributed by atoms with E-state index in [1.165, 1.54) is 0 Å². The summed E-state index contributed by atoms with van der Waals surface area (Å²) >= 11 is 0. The van der Waals surface area contributed by atoms with Crippen molar-refractivity contribution in [3.05, 3.63) is 0 Å². The molecule has 0 rings (SSSR count). The molecule has 0 aromatic carbocycles. The number of amides is 2. The van der Waals surface area contributed by atoms with E-state index in [0.717, 1.165) is 10.5 Å². The first kappa shape index (κ1) is 11.3. The summed E-state index contributed by atoms with van der Waals surface area (Å²) in [6, 6.07) is -0.833. The molecule has 5 heteroatoms. The number of rotatable bonds is 1. The van der Waals surface area contributed by atoms with Gasteiger partial charge in [-0.15, -0.1) is 0 Å². The number of hydrogen-bond donors (Lipinski definition) is 2. The van der Waals surface area contributed by atoms with Gasteiger partial charge in [0.1, 0.15) is 10.5 Å². The number of hydrogen-bond acceptors (Lipinski definition) is 2. The van der Waals surface area contributed by atoms with Gasteiger partial charge in [-0.3, -0.25) is 0 Å². The Hall–Kier alpha value is -0.553. The monoisotopic (exact) mass is 150 g/mol. The molecule has 4 N–H and O–H groups in total. The quantitative estimate of drug-likeness (QED) is 0.456. The summed E-state index contributed by atoms with van der Waals surface area (Å²) in [6.07, 6.45) is 0.446. The van der Waals surface area contributed by atoms with Crippen LogP contribution >= 0.6 is 0 Å². The van der Waals surface area contributed by atoms with E-state index in [4.69, 9.17) is 9.22 Å². The van der Waals surface area contributed by atoms with Crippen LogP contribution in [0.5, 0.6) is 0 Å². The van der Waals surface area contributed by atoms with E-state index < -0.39 is 6.03 Å². The molecule has 0 aliphatic heterocycles. The molecule has 0 atom stereocenters. The molecule has 0 aliphatic rings. The third-order valence-corrected chi connectivity index (χ3v) is 1.41. The van der Waals surface area contributed by atoms with E-state index in [1.807, 2.05) is 13.8 Å². The van der Waals surface area contributed by atoms with Gasteiger partial charge in [-0.05, 0) is 13.8 Å². The minimum absolute atomic E-state index is 0.446. The molecule has 2 amide bonds. The number of nitrogens with two attached hydrogens (primary N) is 2. The molecule has 0 fully saturated rings. The fraction of sp³-hybridized carbons (Fsp3) is 0.750. The van der Waals surface area contributed by atoms with Crippen molar-refractivity contribution in [2.75, 3.05) is 0 Å². The highest BCUT2D eigenvalue weighted by Crippen LogP contribution is 1.76. The second kappa shape index (κ2) is 7.45. The lowest BCUT2D eigenvalue weighted by molar-refractivity contribution is 0.256. The fourth-order valence-corrected chi connectivity index (χ4v) is 0. The molecule has 56 valence electrons. The standard InChI is InChI=1S/C3H10OSi.CH4N2O/c1-3(2)4-5;2-1(3)4/h3H,1-2,5H3;(H4,2,3,4). The zero-order chi connectivity index (χ0) is 7.86. The second-order valence-corrected chi connectivity index (χ2v) is 2.16. The predicted molar refractivity (Wildman–Crippen MR) is 39.9 cm³/mol. The summed E-state index contributed by atoms with van der Waals surface area (Å²) in [4.78, 5) is 9.00. The number of urea groups is 1. The summed E-state index contributed by atoms with van der Waals surface area (Å²) in [5.41, 5.74) is 8.50. The van der Waals surface area contributed by atoms with Crippen LogP contribution in [0, 0.1) is 0 Å². The van der Waals surface area contributed by atoms with E-state index in [0.29, 0.717) is 6.10 Å². The van der Waals surface area contributed by atoms with Gasteiger partial charge in [-0.2, -0.15) is 0 Å². The van der Waals surface area contributed by atoms with Crippen LogP contribution in [0.2, 0.25) is 0 Å². The molecule has 0 heterocycles. The fourth-order valence-electron chi connectivity index (χ4n) is 0.